The van der Waals surface area contributed by atoms with Crippen molar-refractivity contribution < 1.29 is 4.79 Å². The number of likely N-dealkylation sites (tertiary alicyclic amines) is 1. The zero-order valence-electron chi connectivity index (χ0n) is 15.7. The lowest BCUT2D eigenvalue weighted by Gasteiger charge is -2.25. The Kier molecular flexibility index (Phi) is 6.81. The van der Waals surface area contributed by atoms with E-state index in [-0.39, 0.29) is 5.91 Å². The number of aryl methyl sites for hydroxylation is 1. The van der Waals surface area contributed by atoms with Gasteiger partial charge in [-0.25, -0.2) is 0 Å². The molecule has 1 fully saturated rings. The number of nitrogens with one attached hydrogen (secondary N) is 1. The second-order valence-corrected chi connectivity index (χ2v) is 7.11. The average Bonchev–Trinajstić information content (AvgIpc) is 3.16. The van der Waals surface area contributed by atoms with Gasteiger partial charge in [0.1, 0.15) is 0 Å². The molecule has 0 aromatic heterocycles. The molecule has 0 spiro atoms. The first kappa shape index (κ1) is 18.6. The number of benzene rings is 2. The maximum absolute atomic E-state index is 12.6. The first-order valence-corrected chi connectivity index (χ1v) is 9.55. The molecule has 0 atom stereocenters. The lowest BCUT2D eigenvalue weighted by atomic mass is 10.2. The minimum absolute atomic E-state index is 0.0525. The third-order valence-electron chi connectivity index (χ3n) is 4.97. The number of carbonyl (C=O) groups excluding carboxylic acids is 1. The van der Waals surface area contributed by atoms with Crippen molar-refractivity contribution in [3.05, 3.63) is 65.7 Å². The number of amides is 1. The van der Waals surface area contributed by atoms with Gasteiger partial charge in [0.2, 0.25) is 5.91 Å². The van der Waals surface area contributed by atoms with E-state index in [4.69, 9.17) is 0 Å². The predicted molar refractivity (Wildman–Crippen MR) is 107 cm³/mol. The molecule has 26 heavy (non-hydrogen) atoms. The van der Waals surface area contributed by atoms with E-state index in [9.17, 15) is 4.79 Å². The summed E-state index contributed by atoms with van der Waals surface area (Å²) in [4.78, 5) is 17.3. The van der Waals surface area contributed by atoms with Crippen LogP contribution in [0.25, 0.3) is 0 Å². The highest BCUT2D eigenvalue weighted by atomic mass is 16.2. The van der Waals surface area contributed by atoms with E-state index in [2.05, 4.69) is 39.4 Å². The normalized spacial score (nSPS) is 14.7. The number of hydrogen-bond donors (Lipinski definition) is 1. The van der Waals surface area contributed by atoms with E-state index >= 15 is 0 Å². The molecule has 1 saturated heterocycles. The molecule has 1 heterocycles. The third kappa shape index (κ3) is 5.68. The summed E-state index contributed by atoms with van der Waals surface area (Å²) < 4.78 is 0. The number of carbonyl (C=O) groups is 1. The third-order valence-corrected chi connectivity index (χ3v) is 4.97. The maximum atomic E-state index is 12.6. The summed E-state index contributed by atoms with van der Waals surface area (Å²) in [5.74, 6) is 0.0525. The van der Waals surface area contributed by atoms with Crippen LogP contribution in [0.5, 0.6) is 0 Å². The Morgan fingerprint density at radius 3 is 2.46 bits per heavy atom. The summed E-state index contributed by atoms with van der Waals surface area (Å²) in [5.41, 5.74) is 3.24. The van der Waals surface area contributed by atoms with Crippen molar-refractivity contribution in [2.45, 2.75) is 26.3 Å². The minimum atomic E-state index is 0.0525. The molecular weight excluding hydrogens is 322 g/mol. The maximum Gasteiger partial charge on any atom is 0.238 e. The SMILES string of the molecule is Cc1ccccc1NC(=O)CN(CCN1CCCC1)Cc1ccccc1. The van der Waals surface area contributed by atoms with Gasteiger partial charge in [0, 0.05) is 25.3 Å². The Morgan fingerprint density at radius 2 is 1.73 bits per heavy atom. The summed E-state index contributed by atoms with van der Waals surface area (Å²) in [6, 6.07) is 18.3. The van der Waals surface area contributed by atoms with Crippen molar-refractivity contribution in [1.29, 1.82) is 0 Å². The zero-order valence-corrected chi connectivity index (χ0v) is 15.7. The van der Waals surface area contributed by atoms with Gasteiger partial charge in [0.15, 0.2) is 0 Å². The highest BCUT2D eigenvalue weighted by molar-refractivity contribution is 5.92. The van der Waals surface area contributed by atoms with Crippen LogP contribution in [0.2, 0.25) is 0 Å². The minimum Gasteiger partial charge on any atom is -0.325 e. The van der Waals surface area contributed by atoms with Gasteiger partial charge in [-0.05, 0) is 50.0 Å². The topological polar surface area (TPSA) is 35.6 Å². The molecule has 138 valence electrons. The lowest BCUT2D eigenvalue weighted by molar-refractivity contribution is -0.117. The van der Waals surface area contributed by atoms with E-state index < -0.39 is 0 Å². The van der Waals surface area contributed by atoms with E-state index in [0.717, 1.165) is 30.9 Å². The van der Waals surface area contributed by atoms with Crippen LogP contribution >= 0.6 is 0 Å². The van der Waals surface area contributed by atoms with Crippen LogP contribution in [-0.4, -0.2) is 48.4 Å². The zero-order chi connectivity index (χ0) is 18.2. The van der Waals surface area contributed by atoms with Gasteiger partial charge in [-0.3, -0.25) is 9.69 Å². The highest BCUT2D eigenvalue weighted by Crippen LogP contribution is 2.14. The van der Waals surface area contributed by atoms with Crippen molar-refractivity contribution in [3.8, 4) is 0 Å². The predicted octanol–water partition coefficient (Wildman–Crippen LogP) is 3.53. The molecule has 2 aromatic carbocycles. The molecule has 0 aliphatic carbocycles. The quantitative estimate of drug-likeness (QED) is 0.790. The summed E-state index contributed by atoms with van der Waals surface area (Å²) in [7, 11) is 0. The van der Waals surface area contributed by atoms with Crippen molar-refractivity contribution in [2.24, 2.45) is 0 Å². The van der Waals surface area contributed by atoms with Gasteiger partial charge < -0.3 is 10.2 Å². The second-order valence-electron chi connectivity index (χ2n) is 7.11. The van der Waals surface area contributed by atoms with Gasteiger partial charge in [-0.2, -0.15) is 0 Å². The first-order chi connectivity index (χ1) is 12.7. The van der Waals surface area contributed by atoms with Crippen molar-refractivity contribution in [3.63, 3.8) is 0 Å². The molecule has 1 aliphatic heterocycles. The average molecular weight is 351 g/mol. The standard InChI is InChI=1S/C22H29N3O/c1-19-9-5-6-12-21(19)23-22(26)18-25(16-15-24-13-7-8-14-24)17-20-10-3-2-4-11-20/h2-6,9-12H,7-8,13-18H2,1H3,(H,23,26). The molecule has 1 N–H and O–H groups in total. The Balaban J connectivity index is 1.59. The summed E-state index contributed by atoms with van der Waals surface area (Å²) >= 11 is 0. The van der Waals surface area contributed by atoms with Gasteiger partial charge >= 0.3 is 0 Å². The molecular formula is C22H29N3O. The van der Waals surface area contributed by atoms with Gasteiger partial charge in [-0.15, -0.1) is 0 Å². The molecule has 0 unspecified atom stereocenters. The van der Waals surface area contributed by atoms with Crippen LogP contribution in [0.1, 0.15) is 24.0 Å². The molecule has 4 nitrogen and oxygen atoms in total. The van der Waals surface area contributed by atoms with Crippen LogP contribution in [0.4, 0.5) is 5.69 Å². The van der Waals surface area contributed by atoms with Gasteiger partial charge in [0.05, 0.1) is 6.54 Å². The van der Waals surface area contributed by atoms with Gasteiger partial charge in [0.25, 0.3) is 0 Å². The van der Waals surface area contributed by atoms with Crippen LogP contribution in [0.3, 0.4) is 0 Å². The summed E-state index contributed by atoms with van der Waals surface area (Å²) in [5, 5.41) is 3.06. The molecule has 0 bridgehead atoms. The van der Waals surface area contributed by atoms with Crippen molar-refractivity contribution in [1.82, 2.24) is 9.80 Å². The van der Waals surface area contributed by atoms with E-state index in [1.54, 1.807) is 0 Å². The summed E-state index contributed by atoms with van der Waals surface area (Å²) in [6.45, 7) is 7.56. The fraction of sp³-hybridized carbons (Fsp3) is 0.409. The highest BCUT2D eigenvalue weighted by Gasteiger charge is 2.16. The van der Waals surface area contributed by atoms with Crippen LogP contribution < -0.4 is 5.32 Å². The Bertz CT molecular complexity index is 696. The Labute approximate surface area is 156 Å². The van der Waals surface area contributed by atoms with E-state index in [0.29, 0.717) is 6.54 Å². The van der Waals surface area contributed by atoms with Crippen LogP contribution in [-0.2, 0) is 11.3 Å². The fourth-order valence-electron chi connectivity index (χ4n) is 3.45. The molecule has 0 saturated carbocycles. The molecule has 1 aliphatic rings. The lowest BCUT2D eigenvalue weighted by Crippen LogP contribution is -2.38. The second kappa shape index (κ2) is 9.51. The number of nitrogens with zero attached hydrogens (tertiary/aromatic N) is 2. The van der Waals surface area contributed by atoms with Crippen molar-refractivity contribution in [2.75, 3.05) is 38.0 Å². The summed E-state index contributed by atoms with van der Waals surface area (Å²) in [6.07, 6.45) is 2.60. The molecule has 3 rings (SSSR count). The number of para-hydroxylation sites is 1. The Hall–Kier alpha value is -2.17. The fourth-order valence-corrected chi connectivity index (χ4v) is 3.45. The van der Waals surface area contributed by atoms with Crippen LogP contribution in [0.15, 0.2) is 54.6 Å². The van der Waals surface area contributed by atoms with E-state index in [1.165, 1.54) is 31.5 Å². The molecule has 0 radical (unpaired) electrons. The van der Waals surface area contributed by atoms with Crippen LogP contribution in [0, 0.1) is 6.92 Å². The monoisotopic (exact) mass is 351 g/mol. The largest absolute Gasteiger partial charge is 0.325 e. The van der Waals surface area contributed by atoms with Gasteiger partial charge in [-0.1, -0.05) is 48.5 Å². The number of rotatable bonds is 8. The number of hydrogen-bond acceptors (Lipinski definition) is 3. The molecule has 2 aromatic rings. The molecule has 4 heteroatoms. The molecule has 1 amide bonds. The Morgan fingerprint density at radius 1 is 1.04 bits per heavy atom. The van der Waals surface area contributed by atoms with E-state index in [1.807, 2.05) is 37.3 Å². The smallest absolute Gasteiger partial charge is 0.238 e. The number of anilines is 1. The van der Waals surface area contributed by atoms with Crippen molar-refractivity contribution >= 4 is 11.6 Å². The first-order valence-electron chi connectivity index (χ1n) is 9.55.